The maximum atomic E-state index is 3.97. The molecule has 2 nitrogen and oxygen atoms in total. The molecule has 0 amide bonds. The van der Waals surface area contributed by atoms with E-state index in [1.807, 2.05) is 0 Å². The van der Waals surface area contributed by atoms with Crippen molar-refractivity contribution in [2.75, 3.05) is 13.6 Å². The molecule has 0 aromatic rings. The summed E-state index contributed by atoms with van der Waals surface area (Å²) in [4.78, 5) is 6.19. The fraction of sp³-hybridized carbons (Fsp3) is 0.500. The van der Waals surface area contributed by atoms with Gasteiger partial charge in [0.05, 0.1) is 6.04 Å². The minimum absolute atomic E-state index is 0.291. The van der Waals surface area contributed by atoms with E-state index in [0.29, 0.717) is 6.04 Å². The van der Waals surface area contributed by atoms with E-state index in [-0.39, 0.29) is 0 Å². The molecule has 0 spiro atoms. The predicted octanol–water partition coefficient (Wildman–Crippen LogP) is 1.85. The van der Waals surface area contributed by atoms with Crippen LogP contribution in [-0.4, -0.2) is 31.3 Å². The summed E-state index contributed by atoms with van der Waals surface area (Å²) in [6.07, 6.45) is 7.42. The lowest BCUT2D eigenvalue weighted by Gasteiger charge is -2.21. The largest absolute Gasteiger partial charge is 0.375 e. The molecule has 0 N–H and O–H groups in total. The van der Waals surface area contributed by atoms with Gasteiger partial charge in [-0.05, 0) is 26.1 Å². The molecule has 66 valence electrons. The first-order chi connectivity index (χ1) is 5.77. The van der Waals surface area contributed by atoms with Crippen LogP contribution in [0.5, 0.6) is 0 Å². The fourth-order valence-corrected chi connectivity index (χ4v) is 1.20. The van der Waals surface area contributed by atoms with Gasteiger partial charge >= 0.3 is 0 Å². The van der Waals surface area contributed by atoms with Gasteiger partial charge in [-0.25, -0.2) is 0 Å². The second-order valence-electron chi connectivity index (χ2n) is 2.99. The maximum Gasteiger partial charge on any atom is 0.0711 e. The van der Waals surface area contributed by atoms with Crippen molar-refractivity contribution in [1.82, 2.24) is 4.90 Å². The van der Waals surface area contributed by atoms with Gasteiger partial charge in [-0.1, -0.05) is 12.2 Å². The van der Waals surface area contributed by atoms with Crippen LogP contribution in [0.3, 0.4) is 0 Å². The van der Waals surface area contributed by atoms with E-state index in [2.05, 4.69) is 48.8 Å². The van der Waals surface area contributed by atoms with Crippen LogP contribution in [0.15, 0.2) is 28.9 Å². The van der Waals surface area contributed by atoms with E-state index >= 15 is 0 Å². The SMILES string of the molecule is C=NC1C=CC(N(C)CC)=CC1. The van der Waals surface area contributed by atoms with Crippen LogP contribution in [-0.2, 0) is 0 Å². The number of hydrogen-bond acceptors (Lipinski definition) is 2. The van der Waals surface area contributed by atoms with Gasteiger partial charge in [0.1, 0.15) is 0 Å². The summed E-state index contributed by atoms with van der Waals surface area (Å²) < 4.78 is 0. The third-order valence-corrected chi connectivity index (χ3v) is 2.21. The Morgan fingerprint density at radius 2 is 2.50 bits per heavy atom. The highest BCUT2D eigenvalue weighted by molar-refractivity contribution is 5.30. The molecule has 0 heterocycles. The van der Waals surface area contributed by atoms with Crippen LogP contribution in [0.1, 0.15) is 13.3 Å². The second kappa shape index (κ2) is 4.10. The lowest BCUT2D eigenvalue weighted by Crippen LogP contribution is -2.18. The van der Waals surface area contributed by atoms with Crippen molar-refractivity contribution < 1.29 is 0 Å². The monoisotopic (exact) mass is 164 g/mol. The van der Waals surface area contributed by atoms with Crippen molar-refractivity contribution in [1.29, 1.82) is 0 Å². The van der Waals surface area contributed by atoms with Gasteiger partial charge in [-0.3, -0.25) is 4.99 Å². The molecule has 12 heavy (non-hydrogen) atoms. The van der Waals surface area contributed by atoms with Crippen molar-refractivity contribution in [3.8, 4) is 0 Å². The van der Waals surface area contributed by atoms with Crippen LogP contribution in [0.4, 0.5) is 0 Å². The average Bonchev–Trinajstić information content (AvgIpc) is 2.17. The summed E-state index contributed by atoms with van der Waals surface area (Å²) in [5.74, 6) is 0. The minimum Gasteiger partial charge on any atom is -0.375 e. The predicted molar refractivity (Wildman–Crippen MR) is 53.5 cm³/mol. The first-order valence-electron chi connectivity index (χ1n) is 4.33. The van der Waals surface area contributed by atoms with Crippen LogP contribution < -0.4 is 0 Å². The Labute approximate surface area is 74.3 Å². The Morgan fingerprint density at radius 1 is 1.75 bits per heavy atom. The van der Waals surface area contributed by atoms with E-state index in [1.54, 1.807) is 0 Å². The fourth-order valence-electron chi connectivity index (χ4n) is 1.20. The third kappa shape index (κ3) is 1.97. The summed E-state index contributed by atoms with van der Waals surface area (Å²) in [5, 5.41) is 0. The Kier molecular flexibility index (Phi) is 3.09. The van der Waals surface area contributed by atoms with E-state index in [4.69, 9.17) is 0 Å². The van der Waals surface area contributed by atoms with Gasteiger partial charge < -0.3 is 4.90 Å². The normalized spacial score (nSPS) is 21.8. The number of likely N-dealkylation sites (N-methyl/N-ethyl adjacent to an activating group) is 1. The molecule has 0 aliphatic heterocycles. The van der Waals surface area contributed by atoms with Crippen molar-refractivity contribution in [2.45, 2.75) is 19.4 Å². The smallest absolute Gasteiger partial charge is 0.0711 e. The van der Waals surface area contributed by atoms with Gasteiger partial charge in [0.15, 0.2) is 0 Å². The molecule has 0 saturated carbocycles. The van der Waals surface area contributed by atoms with Crippen LogP contribution in [0, 0.1) is 0 Å². The summed E-state index contributed by atoms with van der Waals surface area (Å²) in [7, 11) is 2.10. The Balaban J connectivity index is 2.57. The standard InChI is InChI=1S/C10H16N2/c1-4-12(3)10-7-5-9(11-2)6-8-10/h5,7-9H,2,4,6H2,1,3H3. The molecule has 2 heteroatoms. The first kappa shape index (κ1) is 9.04. The van der Waals surface area contributed by atoms with Crippen LogP contribution in [0.25, 0.3) is 0 Å². The number of rotatable bonds is 3. The summed E-state index contributed by atoms with van der Waals surface area (Å²) in [6.45, 7) is 6.72. The quantitative estimate of drug-likeness (QED) is 0.581. The lowest BCUT2D eigenvalue weighted by atomic mass is 10.1. The number of nitrogens with zero attached hydrogens (tertiary/aromatic N) is 2. The van der Waals surface area contributed by atoms with Crippen molar-refractivity contribution in [3.63, 3.8) is 0 Å². The zero-order chi connectivity index (χ0) is 8.97. The molecule has 0 radical (unpaired) electrons. The zero-order valence-electron chi connectivity index (χ0n) is 7.83. The van der Waals surface area contributed by atoms with E-state index in [1.165, 1.54) is 5.70 Å². The maximum absolute atomic E-state index is 3.97. The molecule has 0 saturated heterocycles. The van der Waals surface area contributed by atoms with Crippen molar-refractivity contribution in [3.05, 3.63) is 23.9 Å². The Hall–Kier alpha value is -1.05. The molecule has 1 rings (SSSR count). The Bertz CT molecular complexity index is 216. The molecule has 0 aromatic carbocycles. The summed E-state index contributed by atoms with van der Waals surface area (Å²) >= 11 is 0. The van der Waals surface area contributed by atoms with Gasteiger partial charge in [-0.15, -0.1) is 0 Å². The molecule has 0 bridgehead atoms. The van der Waals surface area contributed by atoms with Crippen molar-refractivity contribution >= 4 is 6.72 Å². The summed E-state index contributed by atoms with van der Waals surface area (Å²) in [6, 6.07) is 0.291. The Morgan fingerprint density at radius 3 is 2.92 bits per heavy atom. The number of hydrogen-bond donors (Lipinski definition) is 0. The first-order valence-corrected chi connectivity index (χ1v) is 4.33. The van der Waals surface area contributed by atoms with Gasteiger partial charge in [0, 0.05) is 19.3 Å². The highest BCUT2D eigenvalue weighted by atomic mass is 15.1. The highest BCUT2D eigenvalue weighted by Crippen LogP contribution is 2.14. The van der Waals surface area contributed by atoms with E-state index in [0.717, 1.165) is 13.0 Å². The van der Waals surface area contributed by atoms with E-state index in [9.17, 15) is 0 Å². The molecule has 1 unspecified atom stereocenters. The van der Waals surface area contributed by atoms with Crippen LogP contribution >= 0.6 is 0 Å². The summed E-state index contributed by atoms with van der Waals surface area (Å²) in [5.41, 5.74) is 1.29. The molecule has 0 aromatic heterocycles. The molecule has 1 aliphatic carbocycles. The minimum atomic E-state index is 0.291. The lowest BCUT2D eigenvalue weighted by molar-refractivity contribution is 0.450. The molecule has 1 aliphatic rings. The second-order valence-corrected chi connectivity index (χ2v) is 2.99. The van der Waals surface area contributed by atoms with Gasteiger partial charge in [0.2, 0.25) is 0 Å². The molecule has 0 fully saturated rings. The van der Waals surface area contributed by atoms with Crippen LogP contribution in [0.2, 0.25) is 0 Å². The van der Waals surface area contributed by atoms with Crippen molar-refractivity contribution in [2.24, 2.45) is 4.99 Å². The molecular weight excluding hydrogens is 148 g/mol. The van der Waals surface area contributed by atoms with E-state index < -0.39 is 0 Å². The van der Waals surface area contributed by atoms with Gasteiger partial charge in [-0.2, -0.15) is 0 Å². The highest BCUT2D eigenvalue weighted by Gasteiger charge is 2.07. The molecular formula is C10H16N2. The zero-order valence-corrected chi connectivity index (χ0v) is 7.83. The number of allylic oxidation sites excluding steroid dienone is 1. The molecule has 1 atom stereocenters. The van der Waals surface area contributed by atoms with Gasteiger partial charge in [0.25, 0.3) is 0 Å². The third-order valence-electron chi connectivity index (χ3n) is 2.21. The average molecular weight is 164 g/mol. The number of aliphatic imine (C=N–C) groups is 1. The topological polar surface area (TPSA) is 15.6 Å².